The van der Waals surface area contributed by atoms with Gasteiger partial charge in [-0.2, -0.15) is 0 Å². The van der Waals surface area contributed by atoms with Crippen LogP contribution < -0.4 is 21.3 Å². The van der Waals surface area contributed by atoms with Crippen LogP contribution in [0.3, 0.4) is 0 Å². The van der Waals surface area contributed by atoms with Crippen LogP contribution in [0, 0.1) is 0 Å². The van der Waals surface area contributed by atoms with Crippen molar-refractivity contribution in [3.8, 4) is 5.75 Å². The highest BCUT2D eigenvalue weighted by Crippen LogP contribution is 2.12. The van der Waals surface area contributed by atoms with Gasteiger partial charge in [0.05, 0.1) is 7.11 Å². The van der Waals surface area contributed by atoms with E-state index in [1.54, 1.807) is 7.11 Å². The van der Waals surface area contributed by atoms with Crippen LogP contribution in [0.15, 0.2) is 29.3 Å². The number of hydrogen-bond donors (Lipinski definition) is 3. The highest BCUT2D eigenvalue weighted by atomic mass is 16.5. The summed E-state index contributed by atoms with van der Waals surface area (Å²) in [4.78, 5) is 4.34. The van der Waals surface area contributed by atoms with Crippen LogP contribution in [0.25, 0.3) is 0 Å². The van der Waals surface area contributed by atoms with Gasteiger partial charge in [-0.1, -0.05) is 12.1 Å². The van der Waals surface area contributed by atoms with E-state index in [2.05, 4.69) is 21.8 Å². The molecule has 0 unspecified atom stereocenters. The van der Waals surface area contributed by atoms with E-state index >= 15 is 0 Å². The largest absolute Gasteiger partial charge is 0.497 e. The molecule has 0 heterocycles. The summed E-state index contributed by atoms with van der Waals surface area (Å²) in [6, 6.07) is 8.01. The summed E-state index contributed by atoms with van der Waals surface area (Å²) in [7, 11) is 1.67. The smallest absolute Gasteiger partial charge is 0.205 e. The average Bonchev–Trinajstić information content (AvgIpc) is 2.53. The van der Waals surface area contributed by atoms with E-state index in [-0.39, 0.29) is 0 Å². The molecule has 0 amide bonds. The van der Waals surface area contributed by atoms with Gasteiger partial charge in [0.2, 0.25) is 5.96 Å². The van der Waals surface area contributed by atoms with Crippen molar-refractivity contribution in [2.24, 2.45) is 10.8 Å². The standard InChI is InChI=1S/C15H26N4O2/c1-3-21-11-5-9-17-15(19-16)18-10-8-13-6-4-7-14(12-13)20-2/h4,6-7,12H,3,5,8-11,16H2,1-2H3,(H2,17,18,19). The maximum absolute atomic E-state index is 5.44. The Kier molecular flexibility index (Phi) is 8.99. The first-order valence-electron chi connectivity index (χ1n) is 7.25. The summed E-state index contributed by atoms with van der Waals surface area (Å²) >= 11 is 0. The Morgan fingerprint density at radius 1 is 1.38 bits per heavy atom. The van der Waals surface area contributed by atoms with Gasteiger partial charge in [0.15, 0.2) is 0 Å². The molecule has 0 aromatic heterocycles. The molecule has 1 aromatic carbocycles. The molecule has 0 spiro atoms. The lowest BCUT2D eigenvalue weighted by molar-refractivity contribution is 0.146. The molecule has 6 nitrogen and oxygen atoms in total. The zero-order chi connectivity index (χ0) is 15.3. The normalized spacial score (nSPS) is 11.3. The van der Waals surface area contributed by atoms with Crippen molar-refractivity contribution in [3.05, 3.63) is 29.8 Å². The van der Waals surface area contributed by atoms with Gasteiger partial charge in [0.25, 0.3) is 0 Å². The molecular weight excluding hydrogens is 268 g/mol. The van der Waals surface area contributed by atoms with Crippen LogP contribution in [0.4, 0.5) is 0 Å². The molecule has 1 rings (SSSR count). The number of ether oxygens (including phenoxy) is 2. The van der Waals surface area contributed by atoms with E-state index < -0.39 is 0 Å². The molecule has 0 atom stereocenters. The second-order valence-corrected chi connectivity index (χ2v) is 4.45. The molecule has 0 radical (unpaired) electrons. The van der Waals surface area contributed by atoms with E-state index in [0.717, 1.165) is 38.3 Å². The number of rotatable bonds is 9. The topological polar surface area (TPSA) is 80.9 Å². The quantitative estimate of drug-likeness (QED) is 0.209. The Bertz CT molecular complexity index is 424. The number of benzene rings is 1. The van der Waals surface area contributed by atoms with Crippen LogP contribution in [-0.4, -0.2) is 39.4 Å². The Morgan fingerprint density at radius 3 is 2.95 bits per heavy atom. The lowest BCUT2D eigenvalue weighted by atomic mass is 10.1. The fraction of sp³-hybridized carbons (Fsp3) is 0.533. The van der Waals surface area contributed by atoms with Gasteiger partial charge >= 0.3 is 0 Å². The number of nitrogens with zero attached hydrogens (tertiary/aromatic N) is 1. The molecule has 0 aliphatic carbocycles. The number of hydrazine groups is 1. The summed E-state index contributed by atoms with van der Waals surface area (Å²) in [5.41, 5.74) is 3.78. The van der Waals surface area contributed by atoms with Gasteiger partial charge in [-0.25, -0.2) is 5.84 Å². The van der Waals surface area contributed by atoms with E-state index in [4.69, 9.17) is 15.3 Å². The van der Waals surface area contributed by atoms with Crippen molar-refractivity contribution in [3.63, 3.8) is 0 Å². The van der Waals surface area contributed by atoms with Crippen molar-refractivity contribution in [2.75, 3.05) is 33.4 Å². The van der Waals surface area contributed by atoms with Crippen LogP contribution in [-0.2, 0) is 11.2 Å². The number of methoxy groups -OCH3 is 1. The first kappa shape index (κ1) is 17.3. The molecule has 4 N–H and O–H groups in total. The SMILES string of the molecule is CCOCCCN=C(NN)NCCc1cccc(OC)c1. The molecule has 6 heteroatoms. The zero-order valence-electron chi connectivity index (χ0n) is 12.9. The minimum Gasteiger partial charge on any atom is -0.497 e. The van der Waals surface area contributed by atoms with Gasteiger partial charge in [0, 0.05) is 26.3 Å². The molecule has 0 aliphatic rings. The van der Waals surface area contributed by atoms with Crippen LogP contribution in [0.1, 0.15) is 18.9 Å². The summed E-state index contributed by atoms with van der Waals surface area (Å²) in [6.45, 7) is 4.88. The highest BCUT2D eigenvalue weighted by Gasteiger charge is 1.98. The second kappa shape index (κ2) is 10.9. The number of nitrogens with one attached hydrogen (secondary N) is 2. The van der Waals surface area contributed by atoms with Crippen molar-refractivity contribution >= 4 is 5.96 Å². The van der Waals surface area contributed by atoms with Gasteiger partial charge in [-0.05, 0) is 37.5 Å². The van der Waals surface area contributed by atoms with Gasteiger partial charge in [-0.15, -0.1) is 0 Å². The van der Waals surface area contributed by atoms with Crippen molar-refractivity contribution < 1.29 is 9.47 Å². The molecule has 0 aliphatic heterocycles. The predicted octanol–water partition coefficient (Wildman–Crippen LogP) is 1.07. The van der Waals surface area contributed by atoms with Crippen molar-refractivity contribution in [2.45, 2.75) is 19.8 Å². The third-order valence-electron chi connectivity index (χ3n) is 2.90. The number of nitrogens with two attached hydrogens (primary N) is 1. The lowest BCUT2D eigenvalue weighted by Crippen LogP contribution is -2.42. The zero-order valence-corrected chi connectivity index (χ0v) is 12.9. The minimum absolute atomic E-state index is 0.606. The molecule has 1 aromatic rings. The van der Waals surface area contributed by atoms with Crippen LogP contribution in [0.5, 0.6) is 5.75 Å². The summed E-state index contributed by atoms with van der Waals surface area (Å²) in [6.07, 6.45) is 1.76. The van der Waals surface area contributed by atoms with E-state index in [1.165, 1.54) is 5.56 Å². The van der Waals surface area contributed by atoms with Gasteiger partial charge in [0.1, 0.15) is 5.75 Å². The Balaban J connectivity index is 2.29. The summed E-state index contributed by atoms with van der Waals surface area (Å²) in [5, 5.41) is 3.18. The first-order chi connectivity index (χ1) is 10.3. The van der Waals surface area contributed by atoms with Gasteiger partial charge in [-0.3, -0.25) is 10.4 Å². The molecular formula is C15H26N4O2. The van der Waals surface area contributed by atoms with E-state index in [1.807, 2.05) is 25.1 Å². The minimum atomic E-state index is 0.606. The number of hydrogen-bond acceptors (Lipinski definition) is 4. The third-order valence-corrected chi connectivity index (χ3v) is 2.90. The predicted molar refractivity (Wildman–Crippen MR) is 85.4 cm³/mol. The maximum Gasteiger partial charge on any atom is 0.205 e. The fourth-order valence-electron chi connectivity index (χ4n) is 1.81. The lowest BCUT2D eigenvalue weighted by Gasteiger charge is -2.10. The molecule has 0 fully saturated rings. The monoisotopic (exact) mass is 294 g/mol. The summed E-state index contributed by atoms with van der Waals surface area (Å²) < 4.78 is 10.5. The number of aliphatic imine (C=N–C) groups is 1. The average molecular weight is 294 g/mol. The van der Waals surface area contributed by atoms with Crippen LogP contribution >= 0.6 is 0 Å². The molecule has 0 bridgehead atoms. The molecule has 0 saturated carbocycles. The highest BCUT2D eigenvalue weighted by molar-refractivity contribution is 5.79. The molecule has 21 heavy (non-hydrogen) atoms. The number of guanidine groups is 1. The van der Waals surface area contributed by atoms with Gasteiger partial charge < -0.3 is 14.8 Å². The first-order valence-corrected chi connectivity index (χ1v) is 7.25. The second-order valence-electron chi connectivity index (χ2n) is 4.45. The van der Waals surface area contributed by atoms with E-state index in [0.29, 0.717) is 12.5 Å². The molecule has 0 saturated heterocycles. The van der Waals surface area contributed by atoms with Crippen LogP contribution in [0.2, 0.25) is 0 Å². The third kappa shape index (κ3) is 7.53. The van der Waals surface area contributed by atoms with E-state index in [9.17, 15) is 0 Å². The Labute approximate surface area is 126 Å². The van der Waals surface area contributed by atoms with Crippen molar-refractivity contribution in [1.29, 1.82) is 0 Å². The molecule has 118 valence electrons. The fourth-order valence-corrected chi connectivity index (χ4v) is 1.81. The van der Waals surface area contributed by atoms with Crippen molar-refractivity contribution in [1.82, 2.24) is 10.7 Å². The summed E-state index contributed by atoms with van der Waals surface area (Å²) in [5.74, 6) is 6.92. The Hall–Kier alpha value is -1.79. The Morgan fingerprint density at radius 2 is 2.24 bits per heavy atom. The maximum atomic E-state index is 5.44.